The monoisotopic (exact) mass is 255 g/mol. The predicted octanol–water partition coefficient (Wildman–Crippen LogP) is 2.99. The van der Waals surface area contributed by atoms with Crippen LogP contribution < -0.4 is 5.32 Å². The Hall–Kier alpha value is -2.13. The molecule has 0 bridgehead atoms. The van der Waals surface area contributed by atoms with E-state index in [2.05, 4.69) is 5.32 Å². The topological polar surface area (TPSA) is 49.3 Å². The van der Waals surface area contributed by atoms with Crippen molar-refractivity contribution >= 4 is 11.6 Å². The first-order valence-electron chi connectivity index (χ1n) is 6.27. The second-order valence-corrected chi connectivity index (χ2v) is 4.50. The lowest BCUT2D eigenvalue weighted by atomic mass is 9.96. The Labute approximate surface area is 112 Å². The summed E-state index contributed by atoms with van der Waals surface area (Å²) in [7, 11) is 0. The first-order chi connectivity index (χ1) is 9.18. The van der Waals surface area contributed by atoms with Gasteiger partial charge in [0.2, 0.25) is 5.91 Å². The van der Waals surface area contributed by atoms with E-state index in [1.165, 1.54) is 0 Å². The van der Waals surface area contributed by atoms with Crippen LogP contribution >= 0.6 is 0 Å². The van der Waals surface area contributed by atoms with Crippen LogP contribution in [-0.2, 0) is 4.79 Å². The highest BCUT2D eigenvalue weighted by atomic mass is 16.3. The van der Waals surface area contributed by atoms with Gasteiger partial charge in [-0.25, -0.2) is 0 Å². The van der Waals surface area contributed by atoms with Crippen molar-refractivity contribution in [2.75, 3.05) is 5.32 Å². The van der Waals surface area contributed by atoms with E-state index in [9.17, 15) is 9.90 Å². The number of benzene rings is 2. The molecule has 3 heteroatoms. The molecule has 98 valence electrons. The molecule has 1 amide bonds. The molecule has 2 aromatic carbocycles. The fourth-order valence-corrected chi connectivity index (χ4v) is 1.86. The summed E-state index contributed by atoms with van der Waals surface area (Å²) in [4.78, 5) is 12.1. The first kappa shape index (κ1) is 13.3. The maximum atomic E-state index is 12.1. The maximum Gasteiger partial charge on any atom is 0.230 e. The highest BCUT2D eigenvalue weighted by molar-refractivity contribution is 5.92. The molecular formula is C16H17NO2. The van der Waals surface area contributed by atoms with Crippen LogP contribution in [0.25, 0.3) is 0 Å². The van der Waals surface area contributed by atoms with Crippen LogP contribution in [0.15, 0.2) is 60.7 Å². The van der Waals surface area contributed by atoms with E-state index < -0.39 is 12.0 Å². The van der Waals surface area contributed by atoms with Gasteiger partial charge in [-0.15, -0.1) is 0 Å². The summed E-state index contributed by atoms with van der Waals surface area (Å²) < 4.78 is 0. The average Bonchev–Trinajstić information content (AvgIpc) is 2.47. The molecule has 0 radical (unpaired) electrons. The molecule has 2 aromatic rings. The molecule has 0 aliphatic carbocycles. The van der Waals surface area contributed by atoms with Crippen LogP contribution in [0.2, 0.25) is 0 Å². The number of amides is 1. The Morgan fingerprint density at radius 1 is 1.00 bits per heavy atom. The molecule has 2 atom stereocenters. The lowest BCUT2D eigenvalue weighted by Crippen LogP contribution is -2.25. The summed E-state index contributed by atoms with van der Waals surface area (Å²) in [6.07, 6.45) is -0.801. The van der Waals surface area contributed by atoms with Gasteiger partial charge in [0.05, 0.1) is 12.0 Å². The largest absolute Gasteiger partial charge is 0.388 e. The van der Waals surface area contributed by atoms with E-state index in [1.54, 1.807) is 6.92 Å². The van der Waals surface area contributed by atoms with Crippen molar-refractivity contribution in [2.45, 2.75) is 13.0 Å². The minimum absolute atomic E-state index is 0.192. The summed E-state index contributed by atoms with van der Waals surface area (Å²) >= 11 is 0. The van der Waals surface area contributed by atoms with Gasteiger partial charge in [-0.3, -0.25) is 4.79 Å². The van der Waals surface area contributed by atoms with E-state index in [4.69, 9.17) is 0 Å². The van der Waals surface area contributed by atoms with E-state index in [0.29, 0.717) is 0 Å². The van der Waals surface area contributed by atoms with Crippen molar-refractivity contribution in [2.24, 2.45) is 5.92 Å². The van der Waals surface area contributed by atoms with E-state index in [-0.39, 0.29) is 5.91 Å². The molecule has 0 saturated carbocycles. The second-order valence-electron chi connectivity index (χ2n) is 4.50. The predicted molar refractivity (Wildman–Crippen MR) is 75.6 cm³/mol. The molecule has 0 aromatic heterocycles. The van der Waals surface area contributed by atoms with Crippen LogP contribution in [0.1, 0.15) is 18.6 Å². The highest BCUT2D eigenvalue weighted by Gasteiger charge is 2.23. The van der Waals surface area contributed by atoms with Gasteiger partial charge in [0.25, 0.3) is 0 Å². The smallest absolute Gasteiger partial charge is 0.230 e. The molecule has 0 saturated heterocycles. The molecule has 0 unspecified atom stereocenters. The third-order valence-electron chi connectivity index (χ3n) is 3.07. The number of hydrogen-bond acceptors (Lipinski definition) is 2. The molecule has 19 heavy (non-hydrogen) atoms. The van der Waals surface area contributed by atoms with Crippen LogP contribution in [-0.4, -0.2) is 11.0 Å². The Morgan fingerprint density at radius 2 is 1.53 bits per heavy atom. The maximum absolute atomic E-state index is 12.1. The molecule has 0 aliphatic heterocycles. The van der Waals surface area contributed by atoms with Gasteiger partial charge in [0.1, 0.15) is 0 Å². The quantitative estimate of drug-likeness (QED) is 0.882. The average molecular weight is 255 g/mol. The van der Waals surface area contributed by atoms with Crippen LogP contribution in [0.4, 0.5) is 5.69 Å². The number of nitrogens with one attached hydrogen (secondary N) is 1. The van der Waals surface area contributed by atoms with Crippen LogP contribution in [0.5, 0.6) is 0 Å². The van der Waals surface area contributed by atoms with Gasteiger partial charge in [0, 0.05) is 5.69 Å². The number of anilines is 1. The number of aliphatic hydroxyl groups excluding tert-OH is 1. The molecule has 0 aliphatic rings. The van der Waals surface area contributed by atoms with Crippen molar-refractivity contribution < 1.29 is 9.90 Å². The summed E-state index contributed by atoms with van der Waals surface area (Å²) in [5.74, 6) is -0.704. The molecule has 0 spiro atoms. The summed E-state index contributed by atoms with van der Waals surface area (Å²) in [5, 5.41) is 13.0. The Bertz CT molecular complexity index is 525. The van der Waals surface area contributed by atoms with Crippen molar-refractivity contribution in [3.8, 4) is 0 Å². The van der Waals surface area contributed by atoms with Gasteiger partial charge in [-0.2, -0.15) is 0 Å². The molecular weight excluding hydrogens is 238 g/mol. The number of rotatable bonds is 4. The van der Waals surface area contributed by atoms with Crippen molar-refractivity contribution in [3.05, 3.63) is 66.2 Å². The Kier molecular flexibility index (Phi) is 4.31. The zero-order valence-electron chi connectivity index (χ0n) is 10.8. The van der Waals surface area contributed by atoms with Crippen molar-refractivity contribution in [1.82, 2.24) is 0 Å². The van der Waals surface area contributed by atoms with Gasteiger partial charge >= 0.3 is 0 Å². The molecule has 2 rings (SSSR count). The minimum Gasteiger partial charge on any atom is -0.388 e. The molecule has 0 fully saturated rings. The molecule has 2 N–H and O–H groups in total. The summed E-state index contributed by atoms with van der Waals surface area (Å²) in [5.41, 5.74) is 1.48. The van der Waals surface area contributed by atoms with Gasteiger partial charge < -0.3 is 10.4 Å². The zero-order chi connectivity index (χ0) is 13.7. The Balaban J connectivity index is 2.03. The Morgan fingerprint density at radius 3 is 2.11 bits per heavy atom. The molecule has 3 nitrogen and oxygen atoms in total. The third-order valence-corrected chi connectivity index (χ3v) is 3.07. The van der Waals surface area contributed by atoms with Crippen molar-refractivity contribution in [1.29, 1.82) is 0 Å². The van der Waals surface area contributed by atoms with Crippen LogP contribution in [0, 0.1) is 5.92 Å². The number of carbonyl (C=O) groups excluding carboxylic acids is 1. The molecule has 0 heterocycles. The van der Waals surface area contributed by atoms with E-state index in [0.717, 1.165) is 11.3 Å². The fraction of sp³-hybridized carbons (Fsp3) is 0.188. The van der Waals surface area contributed by atoms with Gasteiger partial charge in [0.15, 0.2) is 0 Å². The number of hydrogen-bond donors (Lipinski definition) is 2. The zero-order valence-corrected chi connectivity index (χ0v) is 10.8. The van der Waals surface area contributed by atoms with E-state index >= 15 is 0 Å². The van der Waals surface area contributed by atoms with E-state index in [1.807, 2.05) is 60.7 Å². The number of para-hydroxylation sites is 1. The first-order valence-corrected chi connectivity index (χ1v) is 6.27. The third kappa shape index (κ3) is 3.42. The number of aliphatic hydroxyl groups is 1. The summed E-state index contributed by atoms with van der Waals surface area (Å²) in [6, 6.07) is 18.4. The van der Waals surface area contributed by atoms with Gasteiger partial charge in [-0.1, -0.05) is 55.5 Å². The summed E-state index contributed by atoms with van der Waals surface area (Å²) in [6.45, 7) is 1.72. The number of carbonyl (C=O) groups is 1. The standard InChI is InChI=1S/C16H17NO2/c1-12(15(18)13-8-4-2-5-9-13)16(19)17-14-10-6-3-7-11-14/h2-12,15,18H,1H3,(H,17,19)/t12-,15-/m1/s1. The lowest BCUT2D eigenvalue weighted by molar-refractivity contribution is -0.122. The fourth-order valence-electron chi connectivity index (χ4n) is 1.86. The minimum atomic E-state index is -0.801. The SMILES string of the molecule is C[C@@H](C(=O)Nc1ccccc1)[C@@H](O)c1ccccc1. The van der Waals surface area contributed by atoms with Crippen LogP contribution in [0.3, 0.4) is 0 Å². The lowest BCUT2D eigenvalue weighted by Gasteiger charge is -2.18. The normalized spacial score (nSPS) is 13.6. The van der Waals surface area contributed by atoms with Crippen molar-refractivity contribution in [3.63, 3.8) is 0 Å². The van der Waals surface area contributed by atoms with Gasteiger partial charge in [-0.05, 0) is 17.7 Å². The second kappa shape index (κ2) is 6.16. The highest BCUT2D eigenvalue weighted by Crippen LogP contribution is 2.22.